The van der Waals surface area contributed by atoms with Gasteiger partial charge in [-0.15, -0.1) is 11.3 Å². The van der Waals surface area contributed by atoms with Crippen LogP contribution in [-0.4, -0.2) is 15.0 Å². The molecular weight excluding hydrogens is 639 g/mol. The fourth-order valence-corrected chi connectivity index (χ4v) is 8.34. The normalized spacial score (nSPS) is 11.5. The van der Waals surface area contributed by atoms with Gasteiger partial charge >= 0.3 is 0 Å². The standard InChI is InChI=1S/C47H29N3S/c1-3-12-31(13-4-1)40-29-41(50-47(49-40)33-14-5-2-6-15-33)32-24-22-30(23-25-32)34-18-11-19-37(26-34)45-46-44(38-20-9-10-21-43(38)51-46)39-27-35-16-7-8-17-36(35)28-42(39)48-45/h1-29H. The van der Waals surface area contributed by atoms with Crippen molar-refractivity contribution >= 4 is 53.2 Å². The summed E-state index contributed by atoms with van der Waals surface area (Å²) < 4.78 is 2.50. The fourth-order valence-electron chi connectivity index (χ4n) is 7.12. The zero-order valence-electron chi connectivity index (χ0n) is 27.5. The molecule has 0 aliphatic carbocycles. The molecule has 0 N–H and O–H groups in total. The average Bonchev–Trinajstić information content (AvgIpc) is 3.60. The van der Waals surface area contributed by atoms with Crippen LogP contribution >= 0.6 is 11.3 Å². The molecule has 7 aromatic carbocycles. The molecule has 238 valence electrons. The topological polar surface area (TPSA) is 38.7 Å². The van der Waals surface area contributed by atoms with Crippen LogP contribution in [-0.2, 0) is 0 Å². The Morgan fingerprint density at radius 1 is 0.373 bits per heavy atom. The Labute approximate surface area is 299 Å². The number of rotatable bonds is 5. The molecule has 0 radical (unpaired) electrons. The van der Waals surface area contributed by atoms with Gasteiger partial charge in [-0.25, -0.2) is 15.0 Å². The quantitative estimate of drug-likeness (QED) is 0.171. The van der Waals surface area contributed by atoms with Crippen molar-refractivity contribution in [3.05, 3.63) is 176 Å². The molecule has 0 fully saturated rings. The highest BCUT2D eigenvalue weighted by Gasteiger charge is 2.17. The summed E-state index contributed by atoms with van der Waals surface area (Å²) in [6.45, 7) is 0. The van der Waals surface area contributed by atoms with Crippen molar-refractivity contribution in [3.63, 3.8) is 0 Å². The lowest BCUT2D eigenvalue weighted by atomic mass is 9.97. The third-order valence-corrected chi connectivity index (χ3v) is 10.8. The van der Waals surface area contributed by atoms with E-state index < -0.39 is 0 Å². The molecule has 3 aromatic heterocycles. The fraction of sp³-hybridized carbons (Fsp3) is 0. The van der Waals surface area contributed by atoms with E-state index in [-0.39, 0.29) is 0 Å². The van der Waals surface area contributed by atoms with Gasteiger partial charge in [0.2, 0.25) is 0 Å². The van der Waals surface area contributed by atoms with Gasteiger partial charge in [-0.05, 0) is 52.2 Å². The summed E-state index contributed by atoms with van der Waals surface area (Å²) in [5.41, 5.74) is 10.3. The zero-order valence-corrected chi connectivity index (χ0v) is 28.3. The van der Waals surface area contributed by atoms with Gasteiger partial charge in [-0.3, -0.25) is 0 Å². The van der Waals surface area contributed by atoms with Crippen LogP contribution in [0.5, 0.6) is 0 Å². The Kier molecular flexibility index (Phi) is 7.00. The van der Waals surface area contributed by atoms with Crippen LogP contribution in [0.15, 0.2) is 176 Å². The second-order valence-electron chi connectivity index (χ2n) is 12.8. The largest absolute Gasteiger partial charge is 0.246 e. The number of fused-ring (bicyclic) bond motifs is 6. The number of hydrogen-bond acceptors (Lipinski definition) is 4. The van der Waals surface area contributed by atoms with E-state index in [1.807, 2.05) is 47.7 Å². The minimum absolute atomic E-state index is 0.715. The second-order valence-corrected chi connectivity index (χ2v) is 13.9. The van der Waals surface area contributed by atoms with Gasteiger partial charge in [0.25, 0.3) is 0 Å². The Balaban J connectivity index is 1.07. The van der Waals surface area contributed by atoms with Crippen molar-refractivity contribution in [2.24, 2.45) is 0 Å². The van der Waals surface area contributed by atoms with E-state index >= 15 is 0 Å². The van der Waals surface area contributed by atoms with E-state index in [4.69, 9.17) is 15.0 Å². The molecule has 0 spiro atoms. The summed E-state index contributed by atoms with van der Waals surface area (Å²) in [6.07, 6.45) is 0. The third-order valence-electron chi connectivity index (χ3n) is 9.65. The molecule has 0 bridgehead atoms. The highest BCUT2D eigenvalue weighted by atomic mass is 32.1. The number of nitrogens with zero attached hydrogens (tertiary/aromatic N) is 3. The first-order valence-corrected chi connectivity index (χ1v) is 17.9. The summed E-state index contributed by atoms with van der Waals surface area (Å²) in [7, 11) is 0. The van der Waals surface area contributed by atoms with E-state index in [0.29, 0.717) is 5.82 Å². The van der Waals surface area contributed by atoms with E-state index in [1.54, 1.807) is 0 Å². The SMILES string of the molecule is c1ccc(-c2cc(-c3ccc(-c4cccc(-c5nc6cc7ccccc7cc6c6c5sc5ccccc56)c4)cc3)nc(-c3ccccc3)n2)cc1. The van der Waals surface area contributed by atoms with Gasteiger partial charge in [0.05, 0.1) is 27.3 Å². The van der Waals surface area contributed by atoms with E-state index in [2.05, 4.69) is 140 Å². The summed E-state index contributed by atoms with van der Waals surface area (Å²) in [4.78, 5) is 15.4. The highest BCUT2D eigenvalue weighted by molar-refractivity contribution is 7.26. The summed E-state index contributed by atoms with van der Waals surface area (Å²) in [5.74, 6) is 0.715. The maximum Gasteiger partial charge on any atom is 0.160 e. The predicted molar refractivity (Wildman–Crippen MR) is 215 cm³/mol. The van der Waals surface area contributed by atoms with Crippen LogP contribution < -0.4 is 0 Å². The molecule has 10 rings (SSSR count). The molecule has 0 aliphatic heterocycles. The molecule has 4 heteroatoms. The van der Waals surface area contributed by atoms with E-state index in [1.165, 1.54) is 36.3 Å². The number of pyridine rings is 1. The van der Waals surface area contributed by atoms with Crippen LogP contribution in [0.1, 0.15) is 0 Å². The minimum Gasteiger partial charge on any atom is -0.246 e. The van der Waals surface area contributed by atoms with Crippen LogP contribution in [0, 0.1) is 0 Å². The maximum atomic E-state index is 5.37. The van der Waals surface area contributed by atoms with Gasteiger partial charge in [0, 0.05) is 43.1 Å². The second kappa shape index (κ2) is 12.1. The zero-order chi connectivity index (χ0) is 33.7. The maximum absolute atomic E-state index is 5.37. The van der Waals surface area contributed by atoms with Gasteiger partial charge in [-0.2, -0.15) is 0 Å². The Morgan fingerprint density at radius 2 is 0.961 bits per heavy atom. The van der Waals surface area contributed by atoms with Gasteiger partial charge in [0.15, 0.2) is 5.82 Å². The Morgan fingerprint density at radius 3 is 1.73 bits per heavy atom. The van der Waals surface area contributed by atoms with E-state index in [0.717, 1.165) is 56.0 Å². The number of hydrogen-bond donors (Lipinski definition) is 0. The molecule has 0 unspecified atom stereocenters. The lowest BCUT2D eigenvalue weighted by Crippen LogP contribution is -1.95. The van der Waals surface area contributed by atoms with Crippen molar-refractivity contribution in [3.8, 4) is 56.3 Å². The molecule has 0 amide bonds. The smallest absolute Gasteiger partial charge is 0.160 e. The first kappa shape index (κ1) is 29.4. The van der Waals surface area contributed by atoms with Gasteiger partial charge in [0.1, 0.15) is 0 Å². The monoisotopic (exact) mass is 667 g/mol. The molecular formula is C47H29N3S. The minimum atomic E-state index is 0.715. The molecule has 0 saturated heterocycles. The lowest BCUT2D eigenvalue weighted by molar-refractivity contribution is 1.18. The van der Waals surface area contributed by atoms with Crippen molar-refractivity contribution in [2.45, 2.75) is 0 Å². The van der Waals surface area contributed by atoms with Gasteiger partial charge in [-0.1, -0.05) is 146 Å². The number of benzene rings is 7. The van der Waals surface area contributed by atoms with Crippen molar-refractivity contribution < 1.29 is 0 Å². The molecule has 51 heavy (non-hydrogen) atoms. The lowest BCUT2D eigenvalue weighted by Gasteiger charge is -2.11. The highest BCUT2D eigenvalue weighted by Crippen LogP contribution is 2.44. The van der Waals surface area contributed by atoms with E-state index in [9.17, 15) is 0 Å². The molecule has 3 nitrogen and oxygen atoms in total. The molecule has 0 aliphatic rings. The number of thiophene rings is 1. The number of aromatic nitrogens is 3. The molecule has 0 saturated carbocycles. The molecule has 0 atom stereocenters. The average molecular weight is 668 g/mol. The van der Waals surface area contributed by atoms with Crippen molar-refractivity contribution in [1.29, 1.82) is 0 Å². The summed E-state index contributed by atoms with van der Waals surface area (Å²) in [5, 5.41) is 6.20. The van der Waals surface area contributed by atoms with Crippen LogP contribution in [0.3, 0.4) is 0 Å². The van der Waals surface area contributed by atoms with Crippen molar-refractivity contribution in [2.75, 3.05) is 0 Å². The first-order valence-electron chi connectivity index (χ1n) is 17.1. The van der Waals surface area contributed by atoms with Crippen LogP contribution in [0.4, 0.5) is 0 Å². The summed E-state index contributed by atoms with van der Waals surface area (Å²) >= 11 is 1.83. The summed E-state index contributed by atoms with van der Waals surface area (Å²) in [6, 6.07) is 61.9. The Bertz CT molecular complexity index is 2840. The predicted octanol–water partition coefficient (Wildman–Crippen LogP) is 12.9. The van der Waals surface area contributed by atoms with Crippen molar-refractivity contribution in [1.82, 2.24) is 15.0 Å². The first-order chi connectivity index (χ1) is 25.2. The third kappa shape index (κ3) is 5.25. The molecule has 3 heterocycles. The Hall–Kier alpha value is -6.49. The van der Waals surface area contributed by atoms with Crippen LogP contribution in [0.25, 0.3) is 98.1 Å². The molecule has 10 aromatic rings. The van der Waals surface area contributed by atoms with Crippen LogP contribution in [0.2, 0.25) is 0 Å². The van der Waals surface area contributed by atoms with Gasteiger partial charge < -0.3 is 0 Å².